The highest BCUT2D eigenvalue weighted by atomic mass is 79.9. The molecule has 0 aliphatic carbocycles. The van der Waals surface area contributed by atoms with Crippen LogP contribution in [0.3, 0.4) is 0 Å². The summed E-state index contributed by atoms with van der Waals surface area (Å²) in [5, 5.41) is 0.763. The van der Waals surface area contributed by atoms with Crippen LogP contribution in [0.2, 0.25) is 5.02 Å². The lowest BCUT2D eigenvalue weighted by molar-refractivity contribution is 0.201. The van der Waals surface area contributed by atoms with Crippen molar-refractivity contribution < 1.29 is 0 Å². The highest BCUT2D eigenvalue weighted by molar-refractivity contribution is 9.10. The van der Waals surface area contributed by atoms with E-state index in [1.165, 1.54) is 12.0 Å². The van der Waals surface area contributed by atoms with Gasteiger partial charge < -0.3 is 5.73 Å². The Hall–Kier alpha value is -0.0900. The lowest BCUT2D eigenvalue weighted by Crippen LogP contribution is -2.42. The first-order valence-corrected chi connectivity index (χ1v) is 6.74. The van der Waals surface area contributed by atoms with E-state index in [2.05, 4.69) is 33.0 Å². The van der Waals surface area contributed by atoms with Crippen LogP contribution in [0.1, 0.15) is 18.4 Å². The maximum absolute atomic E-state index is 5.97. The van der Waals surface area contributed by atoms with E-state index in [0.717, 1.165) is 35.6 Å². The van der Waals surface area contributed by atoms with Crippen LogP contribution in [0.15, 0.2) is 22.7 Å². The molecule has 88 valence electrons. The van der Waals surface area contributed by atoms with E-state index in [9.17, 15) is 0 Å². The van der Waals surface area contributed by atoms with E-state index in [0.29, 0.717) is 6.04 Å². The second-order valence-corrected chi connectivity index (χ2v) is 5.65. The van der Waals surface area contributed by atoms with Gasteiger partial charge in [0.1, 0.15) is 0 Å². The molecule has 1 unspecified atom stereocenters. The van der Waals surface area contributed by atoms with Gasteiger partial charge in [0.15, 0.2) is 0 Å². The number of rotatable bonds is 2. The van der Waals surface area contributed by atoms with Gasteiger partial charge in [-0.3, -0.25) is 4.90 Å². The van der Waals surface area contributed by atoms with Crippen LogP contribution in [0, 0.1) is 0 Å². The van der Waals surface area contributed by atoms with Crippen LogP contribution in [0.4, 0.5) is 0 Å². The first kappa shape index (κ1) is 12.4. The smallest absolute Gasteiger partial charge is 0.0548 e. The van der Waals surface area contributed by atoms with Crippen molar-refractivity contribution in [1.29, 1.82) is 0 Å². The minimum absolute atomic E-state index is 0.337. The number of hydrogen-bond acceptors (Lipinski definition) is 2. The number of nitrogens with two attached hydrogens (primary N) is 1. The Balaban J connectivity index is 2.00. The maximum atomic E-state index is 5.97. The van der Waals surface area contributed by atoms with Crippen LogP contribution >= 0.6 is 27.5 Å². The average molecular weight is 304 g/mol. The molecule has 16 heavy (non-hydrogen) atoms. The lowest BCUT2D eigenvalue weighted by Gasteiger charge is -2.30. The molecule has 1 atom stereocenters. The molecule has 1 aromatic carbocycles. The molecule has 4 heteroatoms. The molecule has 0 aromatic heterocycles. The summed E-state index contributed by atoms with van der Waals surface area (Å²) < 4.78 is 0.966. The van der Waals surface area contributed by atoms with Gasteiger partial charge in [-0.15, -0.1) is 0 Å². The molecule has 0 amide bonds. The molecule has 0 radical (unpaired) electrons. The zero-order chi connectivity index (χ0) is 11.5. The minimum atomic E-state index is 0.337. The summed E-state index contributed by atoms with van der Waals surface area (Å²) in [7, 11) is 0. The summed E-state index contributed by atoms with van der Waals surface area (Å²) in [5.41, 5.74) is 7.24. The van der Waals surface area contributed by atoms with Crippen molar-refractivity contribution in [2.24, 2.45) is 5.73 Å². The van der Waals surface area contributed by atoms with E-state index < -0.39 is 0 Å². The Morgan fingerprint density at radius 1 is 1.50 bits per heavy atom. The number of likely N-dealkylation sites (tertiary alicyclic amines) is 1. The number of nitrogens with zero attached hydrogens (tertiary/aromatic N) is 1. The predicted octanol–water partition coefficient (Wildman–Crippen LogP) is 3.03. The van der Waals surface area contributed by atoms with Gasteiger partial charge in [-0.05, 0) is 53.0 Å². The second-order valence-electron chi connectivity index (χ2n) is 4.39. The third-order valence-corrected chi connectivity index (χ3v) is 4.15. The fourth-order valence-corrected chi connectivity index (χ4v) is 2.67. The summed E-state index contributed by atoms with van der Waals surface area (Å²) in [4.78, 5) is 2.41. The van der Waals surface area contributed by atoms with E-state index in [-0.39, 0.29) is 0 Å². The molecule has 2 rings (SSSR count). The quantitative estimate of drug-likeness (QED) is 0.910. The third-order valence-electron chi connectivity index (χ3n) is 2.93. The van der Waals surface area contributed by atoms with Crippen LogP contribution in [0.25, 0.3) is 0 Å². The first-order chi connectivity index (χ1) is 7.65. The molecule has 2 N–H and O–H groups in total. The standard InChI is InChI=1S/C12H16BrClN2/c13-11-6-9(3-4-12(11)14)7-16-5-1-2-10(15)8-16/h3-4,6,10H,1-2,5,7-8,15H2. The summed E-state index contributed by atoms with van der Waals surface area (Å²) in [6.45, 7) is 3.11. The molecule has 1 aliphatic heterocycles. The Morgan fingerprint density at radius 2 is 2.31 bits per heavy atom. The van der Waals surface area contributed by atoms with E-state index >= 15 is 0 Å². The minimum Gasteiger partial charge on any atom is -0.327 e. The summed E-state index contributed by atoms with van der Waals surface area (Å²) in [6.07, 6.45) is 2.36. The van der Waals surface area contributed by atoms with Crippen molar-refractivity contribution in [2.45, 2.75) is 25.4 Å². The van der Waals surface area contributed by atoms with E-state index in [1.807, 2.05) is 6.07 Å². The van der Waals surface area contributed by atoms with Gasteiger partial charge in [-0.25, -0.2) is 0 Å². The molecule has 0 saturated carbocycles. The highest BCUT2D eigenvalue weighted by Crippen LogP contribution is 2.24. The number of piperidine rings is 1. The molecule has 1 aliphatic rings. The summed E-state index contributed by atoms with van der Waals surface area (Å²) in [5.74, 6) is 0. The van der Waals surface area contributed by atoms with Crippen molar-refractivity contribution in [3.8, 4) is 0 Å². The van der Waals surface area contributed by atoms with Crippen molar-refractivity contribution in [2.75, 3.05) is 13.1 Å². The van der Waals surface area contributed by atoms with Gasteiger partial charge in [-0.1, -0.05) is 17.7 Å². The molecular weight excluding hydrogens is 288 g/mol. The van der Waals surface area contributed by atoms with Crippen LogP contribution in [0.5, 0.6) is 0 Å². The summed E-state index contributed by atoms with van der Waals surface area (Å²) >= 11 is 9.41. The molecule has 2 nitrogen and oxygen atoms in total. The lowest BCUT2D eigenvalue weighted by atomic mass is 10.1. The number of hydrogen-bond donors (Lipinski definition) is 1. The van der Waals surface area contributed by atoms with Crippen molar-refractivity contribution in [3.05, 3.63) is 33.3 Å². The third kappa shape index (κ3) is 3.20. The Morgan fingerprint density at radius 3 is 3.00 bits per heavy atom. The van der Waals surface area contributed by atoms with Gasteiger partial charge in [0.05, 0.1) is 5.02 Å². The van der Waals surface area contributed by atoms with Crippen molar-refractivity contribution in [1.82, 2.24) is 4.90 Å². The normalized spacial score (nSPS) is 22.3. The summed E-state index contributed by atoms with van der Waals surface area (Å²) in [6, 6.07) is 6.44. The maximum Gasteiger partial charge on any atom is 0.0548 e. The largest absolute Gasteiger partial charge is 0.327 e. The monoisotopic (exact) mass is 302 g/mol. The Labute approximate surface area is 110 Å². The Bertz CT molecular complexity index is 370. The zero-order valence-electron chi connectivity index (χ0n) is 9.13. The van der Waals surface area contributed by atoms with Gasteiger partial charge >= 0.3 is 0 Å². The van der Waals surface area contributed by atoms with Gasteiger partial charge in [0, 0.05) is 23.6 Å². The predicted molar refractivity (Wildman–Crippen MR) is 71.6 cm³/mol. The van der Waals surface area contributed by atoms with Gasteiger partial charge in [-0.2, -0.15) is 0 Å². The second kappa shape index (κ2) is 5.50. The zero-order valence-corrected chi connectivity index (χ0v) is 11.5. The number of benzene rings is 1. The van der Waals surface area contributed by atoms with Crippen molar-refractivity contribution >= 4 is 27.5 Å². The van der Waals surface area contributed by atoms with E-state index in [1.54, 1.807) is 0 Å². The van der Waals surface area contributed by atoms with Crippen LogP contribution < -0.4 is 5.73 Å². The molecule has 0 spiro atoms. The number of halogens is 2. The molecule has 1 fully saturated rings. The molecule has 1 aromatic rings. The SMILES string of the molecule is NC1CCCN(Cc2ccc(Cl)c(Br)c2)C1. The topological polar surface area (TPSA) is 29.3 Å². The fraction of sp³-hybridized carbons (Fsp3) is 0.500. The molecule has 0 bridgehead atoms. The molecule has 1 heterocycles. The molecule has 1 saturated heterocycles. The fourth-order valence-electron chi connectivity index (χ4n) is 2.13. The van der Waals surface area contributed by atoms with Gasteiger partial charge in [0.25, 0.3) is 0 Å². The van der Waals surface area contributed by atoms with Gasteiger partial charge in [0.2, 0.25) is 0 Å². The van der Waals surface area contributed by atoms with E-state index in [4.69, 9.17) is 17.3 Å². The Kier molecular flexibility index (Phi) is 4.25. The van der Waals surface area contributed by atoms with Crippen LogP contribution in [-0.2, 0) is 6.54 Å². The average Bonchev–Trinajstić information content (AvgIpc) is 2.24. The molecular formula is C12H16BrClN2. The highest BCUT2D eigenvalue weighted by Gasteiger charge is 2.16. The van der Waals surface area contributed by atoms with Crippen LogP contribution in [-0.4, -0.2) is 24.0 Å². The first-order valence-electron chi connectivity index (χ1n) is 5.57. The van der Waals surface area contributed by atoms with Crippen molar-refractivity contribution in [3.63, 3.8) is 0 Å².